The van der Waals surface area contributed by atoms with E-state index in [0.29, 0.717) is 5.69 Å². The summed E-state index contributed by atoms with van der Waals surface area (Å²) in [6, 6.07) is 15.5. The van der Waals surface area contributed by atoms with E-state index in [-0.39, 0.29) is 17.9 Å². The lowest BCUT2D eigenvalue weighted by atomic mass is 9.97. The van der Waals surface area contributed by atoms with Crippen LogP contribution in [-0.2, 0) is 9.59 Å². The molecular formula is C22H20N4O2. The number of fused-ring (bicyclic) bond motifs is 2. The van der Waals surface area contributed by atoms with Gasteiger partial charge in [-0.15, -0.1) is 0 Å². The maximum Gasteiger partial charge on any atom is 0.221 e. The molecule has 2 aromatic carbocycles. The first-order valence-electron chi connectivity index (χ1n) is 9.03. The van der Waals surface area contributed by atoms with E-state index in [1.165, 1.54) is 13.8 Å². The van der Waals surface area contributed by atoms with Gasteiger partial charge in [0.15, 0.2) is 0 Å². The second-order valence-electron chi connectivity index (χ2n) is 6.71. The fraction of sp³-hybridized carbons (Fsp3) is 0.136. The molecule has 2 N–H and O–H groups in total. The third-order valence-electron chi connectivity index (χ3n) is 4.51. The van der Waals surface area contributed by atoms with Crippen LogP contribution >= 0.6 is 0 Å². The highest BCUT2D eigenvalue weighted by molar-refractivity contribution is 6.10. The quantitative estimate of drug-likeness (QED) is 0.860. The highest BCUT2D eigenvalue weighted by Crippen LogP contribution is 2.42. The molecule has 0 bridgehead atoms. The standard InChI is InChI=1S/C22H20N4O2/c1-14(27)23-16-8-10-19-21(12-16)26(18-6-4-3-5-7-18)22-13-17(24-15(2)28)9-11-20(22)25-19/h3-13,21H,1-2H3,(H,23,27)(H,24,28). The second kappa shape index (κ2) is 7.15. The summed E-state index contributed by atoms with van der Waals surface area (Å²) in [4.78, 5) is 30.0. The Morgan fingerprint density at radius 1 is 0.964 bits per heavy atom. The van der Waals surface area contributed by atoms with Crippen molar-refractivity contribution in [2.45, 2.75) is 19.9 Å². The van der Waals surface area contributed by atoms with Crippen molar-refractivity contribution in [3.63, 3.8) is 0 Å². The molecule has 2 aromatic rings. The highest BCUT2D eigenvalue weighted by Gasteiger charge is 2.31. The maximum atomic E-state index is 11.5. The monoisotopic (exact) mass is 372 g/mol. The minimum absolute atomic E-state index is 0.119. The van der Waals surface area contributed by atoms with Crippen molar-refractivity contribution in [1.82, 2.24) is 5.32 Å². The van der Waals surface area contributed by atoms with Gasteiger partial charge in [0, 0.05) is 30.9 Å². The average Bonchev–Trinajstić information content (AvgIpc) is 2.66. The van der Waals surface area contributed by atoms with Gasteiger partial charge in [0.05, 0.1) is 23.1 Å². The van der Waals surface area contributed by atoms with Crippen LogP contribution in [0.15, 0.2) is 77.4 Å². The largest absolute Gasteiger partial charge is 0.327 e. The predicted octanol–water partition coefficient (Wildman–Crippen LogP) is 3.83. The van der Waals surface area contributed by atoms with Gasteiger partial charge in [0.1, 0.15) is 0 Å². The highest BCUT2D eigenvalue weighted by atomic mass is 16.2. The topological polar surface area (TPSA) is 73.8 Å². The van der Waals surface area contributed by atoms with Gasteiger partial charge in [-0.1, -0.05) is 18.2 Å². The van der Waals surface area contributed by atoms with Crippen molar-refractivity contribution in [2.75, 3.05) is 10.2 Å². The fourth-order valence-electron chi connectivity index (χ4n) is 3.45. The van der Waals surface area contributed by atoms with Crippen molar-refractivity contribution in [1.29, 1.82) is 0 Å². The number of hydrogen-bond donors (Lipinski definition) is 2. The van der Waals surface area contributed by atoms with Crippen molar-refractivity contribution >= 4 is 40.3 Å². The molecule has 2 amide bonds. The summed E-state index contributed by atoms with van der Waals surface area (Å²) in [5.74, 6) is -0.244. The van der Waals surface area contributed by atoms with Crippen LogP contribution in [0.4, 0.5) is 22.7 Å². The molecule has 2 aliphatic rings. The molecule has 1 aliphatic heterocycles. The Kier molecular flexibility index (Phi) is 4.53. The zero-order valence-corrected chi connectivity index (χ0v) is 15.6. The molecule has 1 atom stereocenters. The molecule has 6 heteroatoms. The van der Waals surface area contributed by atoms with Crippen LogP contribution < -0.4 is 15.5 Å². The summed E-state index contributed by atoms with van der Waals surface area (Å²) in [5.41, 5.74) is 5.04. The summed E-state index contributed by atoms with van der Waals surface area (Å²) in [5, 5.41) is 5.68. The normalized spacial score (nSPS) is 17.1. The number of para-hydroxylation sites is 1. The van der Waals surface area contributed by atoms with Crippen LogP contribution in [0.5, 0.6) is 0 Å². The number of anilines is 3. The van der Waals surface area contributed by atoms with E-state index in [1.54, 1.807) is 0 Å². The van der Waals surface area contributed by atoms with Crippen molar-refractivity contribution in [3.8, 4) is 0 Å². The number of benzene rings is 2. The Bertz CT molecular complexity index is 1040. The van der Waals surface area contributed by atoms with Gasteiger partial charge in [-0.05, 0) is 48.6 Å². The molecule has 0 spiro atoms. The fourth-order valence-corrected chi connectivity index (χ4v) is 3.45. The first-order valence-corrected chi connectivity index (χ1v) is 9.03. The second-order valence-corrected chi connectivity index (χ2v) is 6.71. The van der Waals surface area contributed by atoms with Crippen molar-refractivity contribution in [2.24, 2.45) is 4.99 Å². The van der Waals surface area contributed by atoms with Crippen LogP contribution in [0, 0.1) is 0 Å². The van der Waals surface area contributed by atoms with E-state index in [4.69, 9.17) is 4.99 Å². The number of allylic oxidation sites excluding steroid dienone is 1. The summed E-state index contributed by atoms with van der Waals surface area (Å²) in [7, 11) is 0. The number of carbonyl (C=O) groups is 2. The van der Waals surface area contributed by atoms with Crippen LogP contribution in [0.3, 0.4) is 0 Å². The van der Waals surface area contributed by atoms with E-state index in [0.717, 1.165) is 28.5 Å². The molecule has 140 valence electrons. The Labute approximate surface area is 163 Å². The Morgan fingerprint density at radius 2 is 1.71 bits per heavy atom. The van der Waals surface area contributed by atoms with Gasteiger partial charge in [-0.2, -0.15) is 0 Å². The van der Waals surface area contributed by atoms with Gasteiger partial charge >= 0.3 is 0 Å². The molecule has 0 saturated heterocycles. The van der Waals surface area contributed by atoms with Crippen molar-refractivity contribution in [3.05, 3.63) is 72.5 Å². The molecule has 1 aliphatic carbocycles. The molecule has 0 fully saturated rings. The Balaban J connectivity index is 1.85. The van der Waals surface area contributed by atoms with Gasteiger partial charge in [-0.25, -0.2) is 4.99 Å². The van der Waals surface area contributed by atoms with E-state index in [1.807, 2.05) is 66.8 Å². The van der Waals surface area contributed by atoms with Gasteiger partial charge in [-0.3, -0.25) is 9.59 Å². The summed E-state index contributed by atoms with van der Waals surface area (Å²) in [6.07, 6.45) is 5.77. The zero-order chi connectivity index (χ0) is 19.7. The zero-order valence-electron chi connectivity index (χ0n) is 15.6. The molecule has 0 aromatic heterocycles. The molecule has 28 heavy (non-hydrogen) atoms. The number of nitrogens with zero attached hydrogens (tertiary/aromatic N) is 2. The third kappa shape index (κ3) is 3.44. The lowest BCUT2D eigenvalue weighted by molar-refractivity contribution is -0.118. The minimum atomic E-state index is -0.172. The van der Waals surface area contributed by atoms with Crippen LogP contribution in [-0.4, -0.2) is 23.6 Å². The third-order valence-corrected chi connectivity index (χ3v) is 4.51. The minimum Gasteiger partial charge on any atom is -0.327 e. The molecular weight excluding hydrogens is 352 g/mol. The number of rotatable bonds is 3. The lowest BCUT2D eigenvalue weighted by Crippen LogP contribution is -2.40. The number of carbonyl (C=O) groups excluding carboxylic acids is 2. The van der Waals surface area contributed by atoms with Gasteiger partial charge in [0.25, 0.3) is 0 Å². The van der Waals surface area contributed by atoms with E-state index in [9.17, 15) is 9.59 Å². The summed E-state index contributed by atoms with van der Waals surface area (Å²) >= 11 is 0. The molecule has 6 nitrogen and oxygen atoms in total. The van der Waals surface area contributed by atoms with Crippen LogP contribution in [0.1, 0.15) is 13.8 Å². The Morgan fingerprint density at radius 3 is 2.43 bits per heavy atom. The predicted molar refractivity (Wildman–Crippen MR) is 111 cm³/mol. The molecule has 0 saturated carbocycles. The van der Waals surface area contributed by atoms with Gasteiger partial charge in [0.2, 0.25) is 11.8 Å². The number of nitrogens with one attached hydrogen (secondary N) is 2. The van der Waals surface area contributed by atoms with E-state index < -0.39 is 0 Å². The maximum absolute atomic E-state index is 11.5. The Hall–Kier alpha value is -3.67. The lowest BCUT2D eigenvalue weighted by Gasteiger charge is -2.38. The van der Waals surface area contributed by atoms with Crippen LogP contribution in [0.2, 0.25) is 0 Å². The van der Waals surface area contributed by atoms with E-state index in [2.05, 4.69) is 15.5 Å². The van der Waals surface area contributed by atoms with E-state index >= 15 is 0 Å². The molecule has 0 radical (unpaired) electrons. The van der Waals surface area contributed by atoms with Crippen molar-refractivity contribution < 1.29 is 9.59 Å². The number of hydrogen-bond acceptors (Lipinski definition) is 4. The molecule has 1 unspecified atom stereocenters. The molecule has 1 heterocycles. The summed E-state index contributed by atoms with van der Waals surface area (Å²) < 4.78 is 0. The first-order chi connectivity index (χ1) is 13.5. The number of amides is 2. The SMILES string of the molecule is CC(=O)NC1=CC2C(=Nc3ccc(NC(C)=O)cc3N2c2ccccc2)C=C1. The van der Waals surface area contributed by atoms with Crippen LogP contribution in [0.25, 0.3) is 0 Å². The molecule has 4 rings (SSSR count). The summed E-state index contributed by atoms with van der Waals surface area (Å²) in [6.45, 7) is 2.97. The first kappa shape index (κ1) is 17.7. The van der Waals surface area contributed by atoms with Gasteiger partial charge < -0.3 is 15.5 Å². The smallest absolute Gasteiger partial charge is 0.221 e. The number of aliphatic imine (C=N–C) groups is 1. The average molecular weight is 372 g/mol.